The lowest BCUT2D eigenvalue weighted by molar-refractivity contribution is 0.677. The highest BCUT2D eigenvalue weighted by Gasteiger charge is 2.14. The first-order chi connectivity index (χ1) is 8.29. The van der Waals surface area contributed by atoms with Gasteiger partial charge in [-0.25, -0.2) is 4.98 Å². The Labute approximate surface area is 107 Å². The van der Waals surface area contributed by atoms with E-state index < -0.39 is 0 Å². The molecule has 0 aliphatic carbocycles. The second kappa shape index (κ2) is 5.92. The lowest BCUT2D eigenvalue weighted by atomic mass is 10.2. The molecule has 2 heterocycles. The van der Waals surface area contributed by atoms with E-state index in [2.05, 4.69) is 16.4 Å². The molecule has 4 heteroatoms. The number of hydrogen-bond donors (Lipinski definition) is 1. The van der Waals surface area contributed by atoms with Crippen LogP contribution in [0, 0.1) is 18.3 Å². The van der Waals surface area contributed by atoms with E-state index in [4.69, 9.17) is 5.26 Å². The Balaban J connectivity index is 1.98. The third-order valence-corrected chi connectivity index (χ3v) is 4.32. The fourth-order valence-corrected chi connectivity index (χ4v) is 3.20. The number of nitriles is 1. The van der Waals surface area contributed by atoms with Crippen LogP contribution in [0.4, 0.5) is 5.82 Å². The fourth-order valence-electron chi connectivity index (χ4n) is 1.96. The Morgan fingerprint density at radius 1 is 1.53 bits per heavy atom. The van der Waals surface area contributed by atoms with Gasteiger partial charge in [0.2, 0.25) is 0 Å². The van der Waals surface area contributed by atoms with Crippen LogP contribution in [0.5, 0.6) is 0 Å². The molecule has 0 bridgehead atoms. The first kappa shape index (κ1) is 12.3. The monoisotopic (exact) mass is 247 g/mol. The van der Waals surface area contributed by atoms with Crippen molar-refractivity contribution in [2.75, 3.05) is 17.6 Å². The van der Waals surface area contributed by atoms with Gasteiger partial charge in [-0.05, 0) is 37.7 Å². The van der Waals surface area contributed by atoms with Gasteiger partial charge in [0, 0.05) is 17.5 Å². The lowest BCUT2D eigenvalue weighted by Gasteiger charge is -2.21. The van der Waals surface area contributed by atoms with Crippen molar-refractivity contribution in [3.05, 3.63) is 23.4 Å². The minimum absolute atomic E-state index is 0.636. The molecule has 2 rings (SSSR count). The molecule has 0 amide bonds. The highest BCUT2D eigenvalue weighted by Crippen LogP contribution is 2.25. The maximum atomic E-state index is 9.01. The van der Waals surface area contributed by atoms with Gasteiger partial charge in [0.05, 0.1) is 5.56 Å². The number of nitrogens with one attached hydrogen (secondary N) is 1. The van der Waals surface area contributed by atoms with E-state index in [9.17, 15) is 0 Å². The quantitative estimate of drug-likeness (QED) is 0.892. The number of anilines is 1. The van der Waals surface area contributed by atoms with Crippen LogP contribution in [0.25, 0.3) is 0 Å². The number of rotatable bonds is 3. The zero-order valence-corrected chi connectivity index (χ0v) is 10.9. The van der Waals surface area contributed by atoms with Crippen LogP contribution in [0.15, 0.2) is 12.1 Å². The van der Waals surface area contributed by atoms with E-state index in [1.54, 1.807) is 0 Å². The Bertz CT molecular complexity index is 419. The molecule has 0 saturated carbocycles. The summed E-state index contributed by atoms with van der Waals surface area (Å²) < 4.78 is 0. The molecule has 1 saturated heterocycles. The smallest absolute Gasteiger partial charge is 0.144 e. The van der Waals surface area contributed by atoms with Crippen molar-refractivity contribution in [3.63, 3.8) is 0 Å². The second-order valence-corrected chi connectivity index (χ2v) is 5.74. The van der Waals surface area contributed by atoms with Crippen LogP contribution in [0.1, 0.15) is 30.5 Å². The maximum Gasteiger partial charge on any atom is 0.144 e. The molecule has 1 aromatic heterocycles. The minimum atomic E-state index is 0.636. The Morgan fingerprint density at radius 3 is 3.12 bits per heavy atom. The number of aryl methyl sites for hydroxylation is 1. The zero-order valence-electron chi connectivity index (χ0n) is 10.1. The highest BCUT2D eigenvalue weighted by atomic mass is 32.2. The van der Waals surface area contributed by atoms with Crippen LogP contribution in [0.3, 0.4) is 0 Å². The summed E-state index contributed by atoms with van der Waals surface area (Å²) in [6.45, 7) is 2.86. The zero-order chi connectivity index (χ0) is 12.1. The van der Waals surface area contributed by atoms with Crippen LogP contribution in [0.2, 0.25) is 0 Å². The van der Waals surface area contributed by atoms with Gasteiger partial charge in [-0.3, -0.25) is 0 Å². The molecule has 0 aromatic carbocycles. The molecule has 1 aromatic rings. The van der Waals surface area contributed by atoms with Crippen molar-refractivity contribution in [3.8, 4) is 6.07 Å². The predicted molar refractivity (Wildman–Crippen MR) is 72.3 cm³/mol. The molecular weight excluding hydrogens is 230 g/mol. The van der Waals surface area contributed by atoms with E-state index in [0.717, 1.165) is 18.1 Å². The summed E-state index contributed by atoms with van der Waals surface area (Å²) in [7, 11) is 0. The van der Waals surface area contributed by atoms with Gasteiger partial charge in [0.15, 0.2) is 0 Å². The largest absolute Gasteiger partial charge is 0.368 e. The van der Waals surface area contributed by atoms with Gasteiger partial charge < -0.3 is 5.32 Å². The highest BCUT2D eigenvalue weighted by molar-refractivity contribution is 7.99. The third kappa shape index (κ3) is 3.37. The van der Waals surface area contributed by atoms with Crippen molar-refractivity contribution in [2.24, 2.45) is 0 Å². The van der Waals surface area contributed by atoms with Crippen molar-refractivity contribution in [2.45, 2.75) is 31.4 Å². The molecule has 0 radical (unpaired) electrons. The van der Waals surface area contributed by atoms with E-state index in [1.165, 1.54) is 25.0 Å². The standard InChI is InChI=1S/C13H17N3S/c1-10-5-6-11(8-14)13(16-10)15-9-12-4-2-3-7-17-12/h5-6,12H,2-4,7,9H2,1H3,(H,15,16). The number of nitrogens with zero attached hydrogens (tertiary/aromatic N) is 2. The van der Waals surface area contributed by atoms with E-state index in [-0.39, 0.29) is 0 Å². The summed E-state index contributed by atoms with van der Waals surface area (Å²) in [6, 6.07) is 5.88. The third-order valence-electron chi connectivity index (χ3n) is 2.93. The summed E-state index contributed by atoms with van der Waals surface area (Å²) in [5.41, 5.74) is 1.58. The Hall–Kier alpha value is -1.21. The first-order valence-electron chi connectivity index (χ1n) is 6.03. The summed E-state index contributed by atoms with van der Waals surface area (Å²) in [5, 5.41) is 13.0. The average Bonchev–Trinajstić information content (AvgIpc) is 2.38. The molecule has 17 heavy (non-hydrogen) atoms. The van der Waals surface area contributed by atoms with Crippen molar-refractivity contribution >= 4 is 17.6 Å². The predicted octanol–water partition coefficient (Wildman–Crippen LogP) is 2.96. The number of hydrogen-bond acceptors (Lipinski definition) is 4. The Morgan fingerprint density at radius 2 is 2.41 bits per heavy atom. The lowest BCUT2D eigenvalue weighted by Crippen LogP contribution is -2.21. The molecule has 1 unspecified atom stereocenters. The summed E-state index contributed by atoms with van der Waals surface area (Å²) >= 11 is 2.03. The molecule has 1 aliphatic heterocycles. The molecular formula is C13H17N3S. The Kier molecular flexibility index (Phi) is 4.27. The van der Waals surface area contributed by atoms with Crippen LogP contribution < -0.4 is 5.32 Å². The van der Waals surface area contributed by atoms with Gasteiger partial charge in [-0.1, -0.05) is 6.42 Å². The van der Waals surface area contributed by atoms with Gasteiger partial charge in [0.1, 0.15) is 11.9 Å². The molecule has 90 valence electrons. The molecule has 1 fully saturated rings. The maximum absolute atomic E-state index is 9.01. The van der Waals surface area contributed by atoms with E-state index in [0.29, 0.717) is 10.8 Å². The molecule has 3 nitrogen and oxygen atoms in total. The fraction of sp³-hybridized carbons (Fsp3) is 0.538. The topological polar surface area (TPSA) is 48.7 Å². The average molecular weight is 247 g/mol. The summed E-state index contributed by atoms with van der Waals surface area (Å²) in [6.07, 6.45) is 3.93. The second-order valence-electron chi connectivity index (χ2n) is 4.33. The number of thioether (sulfide) groups is 1. The molecule has 1 aliphatic rings. The SMILES string of the molecule is Cc1ccc(C#N)c(NCC2CCCCS2)n1. The summed E-state index contributed by atoms with van der Waals surface area (Å²) in [4.78, 5) is 4.39. The minimum Gasteiger partial charge on any atom is -0.368 e. The first-order valence-corrected chi connectivity index (χ1v) is 7.07. The van der Waals surface area contributed by atoms with Gasteiger partial charge in [-0.15, -0.1) is 0 Å². The van der Waals surface area contributed by atoms with Gasteiger partial charge in [0.25, 0.3) is 0 Å². The number of pyridine rings is 1. The van der Waals surface area contributed by atoms with Gasteiger partial charge >= 0.3 is 0 Å². The van der Waals surface area contributed by atoms with Crippen molar-refractivity contribution in [1.29, 1.82) is 5.26 Å². The van der Waals surface area contributed by atoms with Crippen LogP contribution in [-0.4, -0.2) is 22.5 Å². The normalized spacial score (nSPS) is 19.6. The van der Waals surface area contributed by atoms with Crippen molar-refractivity contribution < 1.29 is 0 Å². The van der Waals surface area contributed by atoms with Crippen LogP contribution >= 0.6 is 11.8 Å². The molecule has 1 N–H and O–H groups in total. The summed E-state index contributed by atoms with van der Waals surface area (Å²) in [5.74, 6) is 2.00. The van der Waals surface area contributed by atoms with E-state index >= 15 is 0 Å². The molecule has 0 spiro atoms. The van der Waals surface area contributed by atoms with E-state index in [1.807, 2.05) is 30.8 Å². The number of aromatic nitrogens is 1. The van der Waals surface area contributed by atoms with Gasteiger partial charge in [-0.2, -0.15) is 17.0 Å². The van der Waals surface area contributed by atoms with Crippen molar-refractivity contribution in [1.82, 2.24) is 4.98 Å². The van der Waals surface area contributed by atoms with Crippen LogP contribution in [-0.2, 0) is 0 Å². The molecule has 1 atom stereocenters.